The molecule has 2 aromatic heterocycles. The van der Waals surface area contributed by atoms with Crippen LogP contribution in [0.5, 0.6) is 0 Å². The van der Waals surface area contributed by atoms with Crippen molar-refractivity contribution in [1.82, 2.24) is 9.97 Å². The molecule has 0 fully saturated rings. The molecular formula is C16H24N2. The predicted molar refractivity (Wildman–Crippen MR) is 79.6 cm³/mol. The predicted octanol–water partition coefficient (Wildman–Crippen LogP) is 4.81. The standard InChI is InChI=1S/C12H12N2.2C2H6/c1-9-3-4-12(14-10(9)2)11-5-7-13-8-6-11;2*1-2/h3-8H,1-2H3;2*1-2H3. The molecule has 0 radical (unpaired) electrons. The molecule has 0 unspecified atom stereocenters. The van der Waals surface area contributed by atoms with E-state index in [2.05, 4.69) is 23.0 Å². The van der Waals surface area contributed by atoms with Gasteiger partial charge in [0.15, 0.2) is 0 Å². The van der Waals surface area contributed by atoms with Crippen LogP contribution < -0.4 is 0 Å². The third-order valence-corrected chi connectivity index (χ3v) is 2.33. The Labute approximate surface area is 111 Å². The lowest BCUT2D eigenvalue weighted by Gasteiger charge is -2.03. The van der Waals surface area contributed by atoms with Crippen LogP contribution in [0.1, 0.15) is 39.0 Å². The summed E-state index contributed by atoms with van der Waals surface area (Å²) in [6, 6.07) is 8.07. The highest BCUT2D eigenvalue weighted by Crippen LogP contribution is 2.17. The van der Waals surface area contributed by atoms with Crippen molar-refractivity contribution in [2.45, 2.75) is 41.5 Å². The Balaban J connectivity index is 0.000000659. The minimum atomic E-state index is 1.01. The first-order valence-corrected chi connectivity index (χ1v) is 6.62. The number of hydrogen-bond donors (Lipinski definition) is 0. The van der Waals surface area contributed by atoms with Crippen molar-refractivity contribution in [3.63, 3.8) is 0 Å². The molecule has 0 aliphatic heterocycles. The molecular weight excluding hydrogens is 220 g/mol. The Morgan fingerprint density at radius 1 is 0.778 bits per heavy atom. The van der Waals surface area contributed by atoms with Crippen molar-refractivity contribution in [1.29, 1.82) is 0 Å². The maximum absolute atomic E-state index is 4.52. The van der Waals surface area contributed by atoms with Crippen molar-refractivity contribution in [2.24, 2.45) is 0 Å². The van der Waals surface area contributed by atoms with E-state index in [9.17, 15) is 0 Å². The molecule has 2 nitrogen and oxygen atoms in total. The van der Waals surface area contributed by atoms with Crippen molar-refractivity contribution in [2.75, 3.05) is 0 Å². The molecule has 0 N–H and O–H groups in total. The van der Waals surface area contributed by atoms with E-state index >= 15 is 0 Å². The van der Waals surface area contributed by atoms with Crippen LogP contribution in [0.4, 0.5) is 0 Å². The molecule has 0 aliphatic carbocycles. The lowest BCUT2D eigenvalue weighted by molar-refractivity contribution is 1.15. The van der Waals surface area contributed by atoms with Crippen LogP contribution in [-0.2, 0) is 0 Å². The van der Waals surface area contributed by atoms with E-state index in [0.29, 0.717) is 0 Å². The van der Waals surface area contributed by atoms with Crippen molar-refractivity contribution in [3.05, 3.63) is 47.9 Å². The van der Waals surface area contributed by atoms with Gasteiger partial charge in [0.1, 0.15) is 0 Å². The first-order chi connectivity index (χ1) is 8.77. The average molecular weight is 244 g/mol. The zero-order valence-electron chi connectivity index (χ0n) is 12.4. The minimum absolute atomic E-state index is 1.01. The molecule has 0 atom stereocenters. The van der Waals surface area contributed by atoms with E-state index in [1.807, 2.05) is 52.8 Å². The fraction of sp³-hybridized carbons (Fsp3) is 0.375. The van der Waals surface area contributed by atoms with Crippen LogP contribution in [0, 0.1) is 13.8 Å². The lowest BCUT2D eigenvalue weighted by Crippen LogP contribution is -1.89. The number of nitrogens with zero attached hydrogens (tertiary/aromatic N) is 2. The highest BCUT2D eigenvalue weighted by Gasteiger charge is 1.99. The molecule has 0 aliphatic rings. The Morgan fingerprint density at radius 2 is 1.33 bits per heavy atom. The van der Waals surface area contributed by atoms with Crippen molar-refractivity contribution in [3.8, 4) is 11.3 Å². The van der Waals surface area contributed by atoms with Gasteiger partial charge in [-0.1, -0.05) is 33.8 Å². The summed E-state index contributed by atoms with van der Waals surface area (Å²) in [5, 5.41) is 0. The molecule has 2 heterocycles. The van der Waals surface area contributed by atoms with Gasteiger partial charge in [-0.2, -0.15) is 0 Å². The number of pyridine rings is 2. The second-order valence-corrected chi connectivity index (χ2v) is 3.33. The monoisotopic (exact) mass is 244 g/mol. The molecule has 18 heavy (non-hydrogen) atoms. The topological polar surface area (TPSA) is 25.8 Å². The molecule has 2 aromatic rings. The fourth-order valence-corrected chi connectivity index (χ4v) is 1.31. The third-order valence-electron chi connectivity index (χ3n) is 2.33. The van der Waals surface area contributed by atoms with Gasteiger partial charge >= 0.3 is 0 Å². The van der Waals surface area contributed by atoms with Gasteiger partial charge in [-0.05, 0) is 37.6 Å². The summed E-state index contributed by atoms with van der Waals surface area (Å²) in [5.41, 5.74) is 4.43. The molecule has 0 spiro atoms. The summed E-state index contributed by atoms with van der Waals surface area (Å²) < 4.78 is 0. The first kappa shape index (κ1) is 16.3. The van der Waals surface area contributed by atoms with Gasteiger partial charge in [0.2, 0.25) is 0 Å². The highest BCUT2D eigenvalue weighted by molar-refractivity contribution is 5.58. The second kappa shape index (κ2) is 9.34. The lowest BCUT2D eigenvalue weighted by atomic mass is 10.1. The van der Waals surface area contributed by atoms with Crippen LogP contribution in [0.15, 0.2) is 36.7 Å². The maximum atomic E-state index is 4.52. The van der Waals surface area contributed by atoms with E-state index in [0.717, 1.165) is 17.0 Å². The van der Waals surface area contributed by atoms with Crippen LogP contribution >= 0.6 is 0 Å². The first-order valence-electron chi connectivity index (χ1n) is 6.62. The minimum Gasteiger partial charge on any atom is -0.265 e. The number of rotatable bonds is 1. The highest BCUT2D eigenvalue weighted by atomic mass is 14.7. The Bertz CT molecular complexity index is 436. The average Bonchev–Trinajstić information content (AvgIpc) is 2.47. The third kappa shape index (κ3) is 4.66. The number of aryl methyl sites for hydroxylation is 2. The summed E-state index contributed by atoms with van der Waals surface area (Å²) in [4.78, 5) is 8.50. The van der Waals surface area contributed by atoms with Crippen molar-refractivity contribution < 1.29 is 0 Å². The van der Waals surface area contributed by atoms with Gasteiger partial charge in [0.25, 0.3) is 0 Å². The Kier molecular flexibility index (Phi) is 8.46. The van der Waals surface area contributed by atoms with Gasteiger partial charge in [0.05, 0.1) is 5.69 Å². The van der Waals surface area contributed by atoms with E-state index < -0.39 is 0 Å². The maximum Gasteiger partial charge on any atom is 0.0706 e. The molecule has 0 saturated heterocycles. The molecule has 0 bridgehead atoms. The van der Waals surface area contributed by atoms with E-state index in [1.54, 1.807) is 12.4 Å². The summed E-state index contributed by atoms with van der Waals surface area (Å²) in [6.07, 6.45) is 3.57. The summed E-state index contributed by atoms with van der Waals surface area (Å²) in [7, 11) is 0. The Hall–Kier alpha value is -1.70. The van der Waals surface area contributed by atoms with Crippen LogP contribution in [-0.4, -0.2) is 9.97 Å². The van der Waals surface area contributed by atoms with Gasteiger partial charge < -0.3 is 0 Å². The SMILES string of the molecule is CC.CC.Cc1ccc(-c2ccncc2)nc1C. The van der Waals surface area contributed by atoms with E-state index in [4.69, 9.17) is 0 Å². The van der Waals surface area contributed by atoms with Crippen LogP contribution in [0.2, 0.25) is 0 Å². The fourth-order valence-electron chi connectivity index (χ4n) is 1.31. The smallest absolute Gasteiger partial charge is 0.0706 e. The zero-order chi connectivity index (χ0) is 14.0. The van der Waals surface area contributed by atoms with Crippen LogP contribution in [0.25, 0.3) is 11.3 Å². The molecule has 98 valence electrons. The van der Waals surface area contributed by atoms with E-state index in [-0.39, 0.29) is 0 Å². The number of hydrogen-bond acceptors (Lipinski definition) is 2. The molecule has 0 saturated carbocycles. The van der Waals surface area contributed by atoms with Gasteiger partial charge in [-0.15, -0.1) is 0 Å². The van der Waals surface area contributed by atoms with Gasteiger partial charge in [-0.25, -0.2) is 0 Å². The molecule has 2 rings (SSSR count). The summed E-state index contributed by atoms with van der Waals surface area (Å²) >= 11 is 0. The Morgan fingerprint density at radius 3 is 1.83 bits per heavy atom. The number of aromatic nitrogens is 2. The van der Waals surface area contributed by atoms with Crippen molar-refractivity contribution >= 4 is 0 Å². The normalized spacial score (nSPS) is 8.56. The largest absolute Gasteiger partial charge is 0.265 e. The van der Waals surface area contributed by atoms with E-state index in [1.165, 1.54) is 5.56 Å². The summed E-state index contributed by atoms with van der Waals surface area (Å²) in [6.45, 7) is 12.1. The second-order valence-electron chi connectivity index (χ2n) is 3.33. The van der Waals surface area contributed by atoms with Crippen LogP contribution in [0.3, 0.4) is 0 Å². The molecule has 2 heteroatoms. The van der Waals surface area contributed by atoms with Gasteiger partial charge in [0, 0.05) is 23.7 Å². The molecule has 0 aromatic carbocycles. The summed E-state index contributed by atoms with van der Waals surface area (Å²) in [5.74, 6) is 0. The van der Waals surface area contributed by atoms with Gasteiger partial charge in [-0.3, -0.25) is 9.97 Å². The molecule has 0 amide bonds. The quantitative estimate of drug-likeness (QED) is 0.719. The zero-order valence-corrected chi connectivity index (χ0v) is 12.4.